The Hall–Kier alpha value is -1.29. The largest absolute Gasteiger partial charge is 0.382 e. The molecule has 0 amide bonds. The molecule has 2 aromatic rings. The highest BCUT2D eigenvalue weighted by atomic mass is 32.1. The summed E-state index contributed by atoms with van der Waals surface area (Å²) in [6, 6.07) is 4.25. The molecule has 0 aliphatic heterocycles. The van der Waals surface area contributed by atoms with E-state index >= 15 is 0 Å². The summed E-state index contributed by atoms with van der Waals surface area (Å²) >= 11 is 1.76. The van der Waals surface area contributed by atoms with Gasteiger partial charge in [-0.1, -0.05) is 31.7 Å². The van der Waals surface area contributed by atoms with Crippen LogP contribution in [-0.2, 0) is 0 Å². The molecule has 2 fully saturated rings. The van der Waals surface area contributed by atoms with Crippen molar-refractivity contribution in [2.45, 2.75) is 50.9 Å². The van der Waals surface area contributed by atoms with Gasteiger partial charge in [-0.2, -0.15) is 5.10 Å². The van der Waals surface area contributed by atoms with Crippen LogP contribution in [0.2, 0.25) is 0 Å². The first-order valence-corrected chi connectivity index (χ1v) is 9.08. The molecule has 3 N–H and O–H groups in total. The van der Waals surface area contributed by atoms with Crippen molar-refractivity contribution in [3.8, 4) is 10.4 Å². The Labute approximate surface area is 130 Å². The number of anilines is 1. The van der Waals surface area contributed by atoms with E-state index in [2.05, 4.69) is 27.7 Å². The minimum Gasteiger partial charge on any atom is -0.382 e. The van der Waals surface area contributed by atoms with E-state index in [4.69, 9.17) is 5.73 Å². The molecule has 4 rings (SSSR count). The monoisotopic (exact) mass is 301 g/mol. The van der Waals surface area contributed by atoms with Gasteiger partial charge < -0.3 is 5.73 Å². The molecule has 0 aromatic carbocycles. The van der Waals surface area contributed by atoms with E-state index in [0.717, 1.165) is 11.8 Å². The number of H-pyrrole nitrogens is 1. The number of rotatable bonds is 2. The van der Waals surface area contributed by atoms with E-state index in [-0.39, 0.29) is 0 Å². The SMILES string of the molecule is Nc1n[nH]c(C2CCC3CCCCC3C2)c1-c1cccs1. The Kier molecular flexibility index (Phi) is 3.49. The maximum atomic E-state index is 6.14. The second-order valence-corrected chi connectivity index (χ2v) is 7.64. The van der Waals surface area contributed by atoms with Crippen LogP contribution in [0.25, 0.3) is 10.4 Å². The molecular formula is C17H23N3S. The fourth-order valence-corrected chi connectivity index (χ4v) is 5.27. The molecule has 2 saturated carbocycles. The second-order valence-electron chi connectivity index (χ2n) is 6.69. The topological polar surface area (TPSA) is 54.7 Å². The Bertz CT molecular complexity index is 602. The van der Waals surface area contributed by atoms with E-state index in [0.29, 0.717) is 11.7 Å². The third kappa shape index (κ3) is 2.39. The van der Waals surface area contributed by atoms with E-state index in [1.165, 1.54) is 61.1 Å². The lowest BCUT2D eigenvalue weighted by molar-refractivity contribution is 0.154. The van der Waals surface area contributed by atoms with Gasteiger partial charge in [0.05, 0.1) is 5.56 Å². The summed E-state index contributed by atoms with van der Waals surface area (Å²) in [4.78, 5) is 1.25. The van der Waals surface area contributed by atoms with Gasteiger partial charge in [0.1, 0.15) is 0 Å². The van der Waals surface area contributed by atoms with Crippen molar-refractivity contribution >= 4 is 17.2 Å². The van der Waals surface area contributed by atoms with Crippen LogP contribution in [-0.4, -0.2) is 10.2 Å². The molecule has 3 nitrogen and oxygen atoms in total. The highest BCUT2D eigenvalue weighted by Crippen LogP contribution is 2.48. The molecule has 4 heteroatoms. The van der Waals surface area contributed by atoms with Gasteiger partial charge in [-0.3, -0.25) is 5.10 Å². The number of fused-ring (bicyclic) bond motifs is 1. The van der Waals surface area contributed by atoms with E-state index < -0.39 is 0 Å². The fraction of sp³-hybridized carbons (Fsp3) is 0.588. The summed E-state index contributed by atoms with van der Waals surface area (Å²) in [5, 5.41) is 9.69. The van der Waals surface area contributed by atoms with Gasteiger partial charge in [0.25, 0.3) is 0 Å². The molecule has 112 valence electrons. The van der Waals surface area contributed by atoms with Crippen LogP contribution in [0.15, 0.2) is 17.5 Å². The Morgan fingerprint density at radius 2 is 2.00 bits per heavy atom. The summed E-state index contributed by atoms with van der Waals surface area (Å²) in [5.41, 5.74) is 8.60. The molecule has 2 aliphatic carbocycles. The molecule has 0 radical (unpaired) electrons. The van der Waals surface area contributed by atoms with Crippen LogP contribution in [0.4, 0.5) is 5.82 Å². The zero-order chi connectivity index (χ0) is 14.2. The van der Waals surface area contributed by atoms with Gasteiger partial charge in [0.2, 0.25) is 0 Å². The molecule has 3 atom stereocenters. The van der Waals surface area contributed by atoms with Crippen molar-refractivity contribution in [1.82, 2.24) is 10.2 Å². The van der Waals surface area contributed by atoms with Gasteiger partial charge in [0, 0.05) is 16.5 Å². The van der Waals surface area contributed by atoms with Crippen LogP contribution in [0, 0.1) is 11.8 Å². The maximum Gasteiger partial charge on any atom is 0.154 e. The minimum absolute atomic E-state index is 0.617. The zero-order valence-corrected chi connectivity index (χ0v) is 13.2. The van der Waals surface area contributed by atoms with Crippen LogP contribution >= 0.6 is 11.3 Å². The van der Waals surface area contributed by atoms with Crippen molar-refractivity contribution in [2.24, 2.45) is 11.8 Å². The van der Waals surface area contributed by atoms with Crippen molar-refractivity contribution < 1.29 is 0 Å². The van der Waals surface area contributed by atoms with Gasteiger partial charge in [-0.25, -0.2) is 0 Å². The van der Waals surface area contributed by atoms with Crippen molar-refractivity contribution in [2.75, 3.05) is 5.73 Å². The number of aromatic amines is 1. The lowest BCUT2D eigenvalue weighted by atomic mass is 9.66. The number of thiophene rings is 1. The summed E-state index contributed by atoms with van der Waals surface area (Å²) in [6.07, 6.45) is 9.77. The number of nitrogens with zero attached hydrogens (tertiary/aromatic N) is 1. The number of nitrogens with one attached hydrogen (secondary N) is 1. The maximum absolute atomic E-state index is 6.14. The predicted molar refractivity (Wildman–Crippen MR) is 88.4 cm³/mol. The quantitative estimate of drug-likeness (QED) is 0.837. The molecule has 2 aliphatic rings. The van der Waals surface area contributed by atoms with Gasteiger partial charge >= 0.3 is 0 Å². The average Bonchev–Trinajstić information content (AvgIpc) is 3.15. The second kappa shape index (κ2) is 5.48. The van der Waals surface area contributed by atoms with Crippen molar-refractivity contribution in [3.63, 3.8) is 0 Å². The molecular weight excluding hydrogens is 278 g/mol. The lowest BCUT2D eigenvalue weighted by Gasteiger charge is -2.39. The highest BCUT2D eigenvalue weighted by molar-refractivity contribution is 7.13. The van der Waals surface area contributed by atoms with Crippen LogP contribution in [0.1, 0.15) is 56.6 Å². The van der Waals surface area contributed by atoms with Crippen LogP contribution < -0.4 is 5.73 Å². The van der Waals surface area contributed by atoms with Gasteiger partial charge in [0.15, 0.2) is 5.82 Å². The highest BCUT2D eigenvalue weighted by Gasteiger charge is 2.34. The molecule has 2 heterocycles. The van der Waals surface area contributed by atoms with E-state index in [1.807, 2.05) is 0 Å². The molecule has 21 heavy (non-hydrogen) atoms. The summed E-state index contributed by atoms with van der Waals surface area (Å²) in [6.45, 7) is 0. The first-order valence-electron chi connectivity index (χ1n) is 8.20. The number of hydrogen-bond donors (Lipinski definition) is 2. The number of nitrogen functional groups attached to an aromatic ring is 1. The lowest BCUT2D eigenvalue weighted by Crippen LogP contribution is -2.27. The predicted octanol–water partition coefficient (Wildman–Crippen LogP) is 4.79. The van der Waals surface area contributed by atoms with Crippen LogP contribution in [0.3, 0.4) is 0 Å². The smallest absolute Gasteiger partial charge is 0.154 e. The molecule has 0 spiro atoms. The normalized spacial score (nSPS) is 29.2. The third-order valence-electron chi connectivity index (χ3n) is 5.54. The van der Waals surface area contributed by atoms with Gasteiger partial charge in [-0.05, 0) is 42.5 Å². The molecule has 2 aromatic heterocycles. The zero-order valence-electron chi connectivity index (χ0n) is 12.3. The Morgan fingerprint density at radius 3 is 2.81 bits per heavy atom. The van der Waals surface area contributed by atoms with Crippen molar-refractivity contribution in [1.29, 1.82) is 0 Å². The molecule has 0 saturated heterocycles. The minimum atomic E-state index is 0.617. The van der Waals surface area contributed by atoms with E-state index in [1.54, 1.807) is 11.3 Å². The van der Waals surface area contributed by atoms with Gasteiger partial charge in [-0.15, -0.1) is 11.3 Å². The number of aromatic nitrogens is 2. The first kappa shape index (κ1) is 13.4. The van der Waals surface area contributed by atoms with Crippen LogP contribution in [0.5, 0.6) is 0 Å². The molecule has 0 bridgehead atoms. The summed E-state index contributed by atoms with van der Waals surface area (Å²) in [7, 11) is 0. The fourth-order valence-electron chi connectivity index (χ4n) is 4.48. The standard InChI is InChI=1S/C17H23N3S/c18-17-15(14-6-3-9-21-14)16(19-20-17)13-8-7-11-4-1-2-5-12(11)10-13/h3,6,9,11-13H,1-2,4-5,7-8,10H2,(H3,18,19,20). The Morgan fingerprint density at radius 1 is 1.14 bits per heavy atom. The Balaban J connectivity index is 1.62. The third-order valence-corrected chi connectivity index (χ3v) is 6.43. The van der Waals surface area contributed by atoms with Crippen molar-refractivity contribution in [3.05, 3.63) is 23.2 Å². The van der Waals surface area contributed by atoms with E-state index in [9.17, 15) is 0 Å². The average molecular weight is 301 g/mol. The molecule has 3 unspecified atom stereocenters. The number of hydrogen-bond acceptors (Lipinski definition) is 3. The first-order chi connectivity index (χ1) is 10.3. The summed E-state index contributed by atoms with van der Waals surface area (Å²) < 4.78 is 0. The summed E-state index contributed by atoms with van der Waals surface area (Å²) in [5.74, 6) is 3.20. The number of nitrogens with two attached hydrogens (primary N) is 1.